The summed E-state index contributed by atoms with van der Waals surface area (Å²) in [5, 5.41) is 20.8. The number of likely N-dealkylation sites (N-methyl/N-ethyl adjacent to an activating group) is 1. The lowest BCUT2D eigenvalue weighted by atomic mass is 9.93. The first-order chi connectivity index (χ1) is 24.2. The quantitative estimate of drug-likeness (QED) is 0.114. The first-order valence-electron chi connectivity index (χ1n) is 19.2. The fraction of sp³-hybridized carbons (Fsp3) is 0.838. The van der Waals surface area contributed by atoms with Gasteiger partial charge >= 0.3 is 5.97 Å². The molecule has 0 aromatic heterocycles. The molecule has 14 nitrogen and oxygen atoms in total. The van der Waals surface area contributed by atoms with Crippen LogP contribution in [0.15, 0.2) is 0 Å². The molecule has 0 aromatic carbocycles. The van der Waals surface area contributed by atoms with Gasteiger partial charge in [-0.25, -0.2) is 0 Å². The van der Waals surface area contributed by atoms with E-state index in [0.29, 0.717) is 32.1 Å². The van der Waals surface area contributed by atoms with Crippen LogP contribution in [0.2, 0.25) is 0 Å². The Balaban J connectivity index is 2.45. The number of amides is 5. The molecule has 2 aliphatic rings. The average Bonchev–Trinajstić information content (AvgIpc) is 3.63. The molecule has 14 heteroatoms. The number of nitrogens with one attached hydrogen (secondary N) is 4. The minimum absolute atomic E-state index is 0.0217. The van der Waals surface area contributed by atoms with E-state index in [4.69, 9.17) is 10.5 Å². The maximum absolute atomic E-state index is 14.1. The molecule has 1 unspecified atom stereocenters. The molecule has 292 valence electrons. The fourth-order valence-corrected chi connectivity index (χ4v) is 6.98. The Bertz CT molecular complexity index is 1140. The molecule has 1 saturated heterocycles. The van der Waals surface area contributed by atoms with Crippen molar-refractivity contribution in [1.29, 1.82) is 0 Å². The Morgan fingerprint density at radius 2 is 1.45 bits per heavy atom. The van der Waals surface area contributed by atoms with Crippen molar-refractivity contribution < 1.29 is 38.6 Å². The lowest BCUT2D eigenvalue weighted by Crippen LogP contribution is -2.62. The van der Waals surface area contributed by atoms with E-state index in [-0.39, 0.29) is 24.3 Å². The summed E-state index contributed by atoms with van der Waals surface area (Å²) in [4.78, 5) is 82.8. The van der Waals surface area contributed by atoms with Gasteiger partial charge in [0.05, 0.1) is 12.0 Å². The predicted molar refractivity (Wildman–Crippen MR) is 194 cm³/mol. The van der Waals surface area contributed by atoms with Crippen LogP contribution in [-0.2, 0) is 33.5 Å². The molecular formula is C37H66N6O8. The molecule has 0 bridgehead atoms. The lowest BCUT2D eigenvalue weighted by Gasteiger charge is -2.34. The summed E-state index contributed by atoms with van der Waals surface area (Å²) in [6.45, 7) is 8.14. The van der Waals surface area contributed by atoms with Crippen LogP contribution in [0, 0.1) is 17.8 Å². The van der Waals surface area contributed by atoms with E-state index in [9.17, 15) is 33.9 Å². The number of esters is 1. The van der Waals surface area contributed by atoms with Gasteiger partial charge in [0.2, 0.25) is 29.5 Å². The summed E-state index contributed by atoms with van der Waals surface area (Å²) in [5.74, 6) is -4.91. The molecule has 1 aliphatic heterocycles. The molecule has 1 aliphatic carbocycles. The van der Waals surface area contributed by atoms with E-state index in [2.05, 4.69) is 28.2 Å². The van der Waals surface area contributed by atoms with Gasteiger partial charge < -0.3 is 41.7 Å². The Morgan fingerprint density at radius 1 is 0.843 bits per heavy atom. The van der Waals surface area contributed by atoms with E-state index < -0.39 is 78.4 Å². The number of carbonyl (C=O) groups is 6. The van der Waals surface area contributed by atoms with Crippen LogP contribution in [0.25, 0.3) is 0 Å². The van der Waals surface area contributed by atoms with Crippen molar-refractivity contribution in [1.82, 2.24) is 26.2 Å². The minimum atomic E-state index is -1.47. The van der Waals surface area contributed by atoms with E-state index >= 15 is 0 Å². The largest absolute Gasteiger partial charge is 0.460 e. The van der Waals surface area contributed by atoms with Gasteiger partial charge in [-0.05, 0) is 50.9 Å². The van der Waals surface area contributed by atoms with Crippen LogP contribution in [-0.4, -0.2) is 102 Å². The highest BCUT2D eigenvalue weighted by atomic mass is 16.5. The zero-order valence-electron chi connectivity index (χ0n) is 31.8. The van der Waals surface area contributed by atoms with Crippen molar-refractivity contribution in [2.24, 2.45) is 23.5 Å². The summed E-state index contributed by atoms with van der Waals surface area (Å²) in [7, 11) is 1.55. The number of aliphatic hydroxyl groups excluding tert-OH is 1. The standard InChI is InChI=1S/C37H66N6O8/c1-7-8-9-10-11-12-13-14-19-29-24(4)37(50)43(6)28(20-23(2)3)34(47)42-32(26-17-15-16-18-26)36(49)40-27(21-38)33(46)41-31(25(5)44)35(48)39-22-30(45)51-29/h23-29,31-32,44H,7-22,38H2,1-6H3,(H,39,48)(H,40,49)(H,41,46)(H,42,47)/t24-,25?,27+,28+,29-,31+,32+/m1/s1. The molecule has 7 atom stereocenters. The fourth-order valence-electron chi connectivity index (χ4n) is 6.98. The molecule has 51 heavy (non-hydrogen) atoms. The maximum Gasteiger partial charge on any atom is 0.325 e. The molecule has 0 radical (unpaired) electrons. The van der Waals surface area contributed by atoms with Crippen molar-refractivity contribution in [2.45, 2.75) is 161 Å². The van der Waals surface area contributed by atoms with Crippen molar-refractivity contribution >= 4 is 35.5 Å². The van der Waals surface area contributed by atoms with E-state index in [1.54, 1.807) is 14.0 Å². The molecule has 7 N–H and O–H groups in total. The third-order valence-corrected chi connectivity index (χ3v) is 10.2. The Morgan fingerprint density at radius 3 is 2.02 bits per heavy atom. The van der Waals surface area contributed by atoms with Crippen molar-refractivity contribution in [3.8, 4) is 0 Å². The van der Waals surface area contributed by atoms with Gasteiger partial charge in [-0.1, -0.05) is 85.5 Å². The molecule has 2 rings (SSSR count). The van der Waals surface area contributed by atoms with E-state index in [1.807, 2.05) is 13.8 Å². The molecular weight excluding hydrogens is 656 g/mol. The van der Waals surface area contributed by atoms with Gasteiger partial charge in [-0.15, -0.1) is 0 Å². The number of cyclic esters (lactones) is 1. The number of ether oxygens (including phenoxy) is 1. The van der Waals surface area contributed by atoms with Crippen LogP contribution < -0.4 is 27.0 Å². The number of nitrogens with zero attached hydrogens (tertiary/aromatic N) is 1. The van der Waals surface area contributed by atoms with Gasteiger partial charge in [-0.3, -0.25) is 28.8 Å². The number of rotatable bonds is 14. The first-order valence-corrected chi connectivity index (χ1v) is 19.2. The summed E-state index contributed by atoms with van der Waals surface area (Å²) in [6.07, 6.45) is 10.2. The number of aliphatic hydroxyl groups is 1. The highest BCUT2D eigenvalue weighted by molar-refractivity contribution is 5.96. The highest BCUT2D eigenvalue weighted by Crippen LogP contribution is 2.29. The van der Waals surface area contributed by atoms with Gasteiger partial charge in [0.25, 0.3) is 0 Å². The van der Waals surface area contributed by atoms with E-state index in [0.717, 1.165) is 38.5 Å². The minimum Gasteiger partial charge on any atom is -0.460 e. The van der Waals surface area contributed by atoms with Crippen LogP contribution >= 0.6 is 0 Å². The van der Waals surface area contributed by atoms with Crippen molar-refractivity contribution in [3.05, 3.63) is 0 Å². The second kappa shape index (κ2) is 22.6. The van der Waals surface area contributed by atoms with Crippen LogP contribution in [0.1, 0.15) is 125 Å². The zero-order valence-corrected chi connectivity index (χ0v) is 31.8. The number of hydrogen-bond donors (Lipinski definition) is 6. The monoisotopic (exact) mass is 722 g/mol. The average molecular weight is 723 g/mol. The number of carbonyl (C=O) groups excluding carboxylic acids is 6. The normalized spacial score (nSPS) is 27.5. The third kappa shape index (κ3) is 14.4. The van der Waals surface area contributed by atoms with Crippen LogP contribution in [0.3, 0.4) is 0 Å². The summed E-state index contributed by atoms with van der Waals surface area (Å²) >= 11 is 0. The van der Waals surface area contributed by atoms with Crippen LogP contribution in [0.4, 0.5) is 0 Å². The van der Waals surface area contributed by atoms with Gasteiger partial charge in [0.15, 0.2) is 0 Å². The number of nitrogens with two attached hydrogens (primary N) is 1. The van der Waals surface area contributed by atoms with Gasteiger partial charge in [-0.2, -0.15) is 0 Å². The number of hydrogen-bond acceptors (Lipinski definition) is 9. The topological polar surface area (TPSA) is 209 Å². The molecule has 0 aromatic rings. The van der Waals surface area contributed by atoms with E-state index in [1.165, 1.54) is 31.1 Å². The Labute approximate surface area is 304 Å². The molecule has 5 amide bonds. The third-order valence-electron chi connectivity index (χ3n) is 10.2. The van der Waals surface area contributed by atoms with Gasteiger partial charge in [0, 0.05) is 13.6 Å². The smallest absolute Gasteiger partial charge is 0.325 e. The summed E-state index contributed by atoms with van der Waals surface area (Å²) in [6, 6.07) is -4.67. The molecule has 1 heterocycles. The SMILES string of the molecule is CCCCCCCCCC[C@H]1OC(=O)CNC(=O)[C@H](C(C)O)NC(=O)[C@H](CN)NC(=O)[C@H](C2CCCC2)NC(=O)[C@H](CC(C)C)N(C)C(=O)[C@@H]1C. The first kappa shape index (κ1) is 43.9. The molecule has 0 spiro atoms. The zero-order chi connectivity index (χ0) is 38.1. The Hall–Kier alpha value is -3.26. The second-order valence-corrected chi connectivity index (χ2v) is 14.9. The van der Waals surface area contributed by atoms with Crippen molar-refractivity contribution in [3.63, 3.8) is 0 Å². The van der Waals surface area contributed by atoms with Gasteiger partial charge in [0.1, 0.15) is 36.8 Å². The lowest BCUT2D eigenvalue weighted by molar-refractivity contribution is -0.157. The summed E-state index contributed by atoms with van der Waals surface area (Å²) in [5.41, 5.74) is 5.87. The Kier molecular flexibility index (Phi) is 19.5. The number of unbranched alkanes of at least 4 members (excludes halogenated alkanes) is 7. The molecule has 1 saturated carbocycles. The molecule has 2 fully saturated rings. The maximum atomic E-state index is 14.1. The summed E-state index contributed by atoms with van der Waals surface area (Å²) < 4.78 is 5.83. The second-order valence-electron chi connectivity index (χ2n) is 14.9. The highest BCUT2D eigenvalue weighted by Gasteiger charge is 2.40. The predicted octanol–water partition coefficient (Wildman–Crippen LogP) is 2.05. The van der Waals surface area contributed by atoms with Crippen molar-refractivity contribution in [2.75, 3.05) is 20.1 Å². The van der Waals surface area contributed by atoms with Crippen LogP contribution in [0.5, 0.6) is 0 Å².